The molecule has 0 bridgehead atoms. The molecule has 1 aromatic heterocycles. The van der Waals surface area contributed by atoms with E-state index in [9.17, 15) is 5.26 Å². The molecule has 0 radical (unpaired) electrons. The highest BCUT2D eigenvalue weighted by Crippen LogP contribution is 2.31. The molecule has 20 heavy (non-hydrogen) atoms. The normalized spacial score (nSPS) is 19.1. The zero-order valence-electron chi connectivity index (χ0n) is 12.4. The molecule has 0 amide bonds. The van der Waals surface area contributed by atoms with Gasteiger partial charge in [0, 0.05) is 26.2 Å². The quantitative estimate of drug-likeness (QED) is 0.837. The van der Waals surface area contributed by atoms with Gasteiger partial charge in [0.25, 0.3) is 0 Å². The zero-order valence-corrected chi connectivity index (χ0v) is 12.4. The van der Waals surface area contributed by atoms with Crippen molar-refractivity contribution in [1.82, 2.24) is 4.57 Å². The SMILES string of the molecule is CCOCCn1c(C#N)cc(N)c1N1CCC[C@@H](C)C1. The van der Waals surface area contributed by atoms with Crippen LogP contribution < -0.4 is 10.6 Å². The third kappa shape index (κ3) is 3.07. The van der Waals surface area contributed by atoms with Gasteiger partial charge in [0.15, 0.2) is 0 Å². The van der Waals surface area contributed by atoms with Gasteiger partial charge in [-0.15, -0.1) is 0 Å². The molecule has 1 saturated heterocycles. The summed E-state index contributed by atoms with van der Waals surface area (Å²) in [7, 11) is 0. The van der Waals surface area contributed by atoms with Crippen LogP contribution in [0.25, 0.3) is 0 Å². The van der Waals surface area contributed by atoms with E-state index in [0.29, 0.717) is 37.1 Å². The lowest BCUT2D eigenvalue weighted by atomic mass is 10.0. The van der Waals surface area contributed by atoms with E-state index in [4.69, 9.17) is 10.5 Å². The Balaban J connectivity index is 2.25. The van der Waals surface area contributed by atoms with Gasteiger partial charge in [0.2, 0.25) is 0 Å². The Kier molecular flexibility index (Phi) is 4.91. The highest BCUT2D eigenvalue weighted by atomic mass is 16.5. The van der Waals surface area contributed by atoms with Gasteiger partial charge in [-0.2, -0.15) is 5.26 Å². The predicted octanol–water partition coefficient (Wildman–Crippen LogP) is 2.21. The van der Waals surface area contributed by atoms with Crippen molar-refractivity contribution in [2.24, 2.45) is 5.92 Å². The number of hydrogen-bond acceptors (Lipinski definition) is 4. The van der Waals surface area contributed by atoms with Gasteiger partial charge in [0.1, 0.15) is 17.6 Å². The number of nitrogen functional groups attached to an aromatic ring is 1. The number of nitriles is 1. The Morgan fingerprint density at radius 1 is 1.55 bits per heavy atom. The number of nitrogens with zero attached hydrogens (tertiary/aromatic N) is 3. The Labute approximate surface area is 120 Å². The van der Waals surface area contributed by atoms with Crippen molar-refractivity contribution in [3.8, 4) is 6.07 Å². The van der Waals surface area contributed by atoms with E-state index in [1.54, 1.807) is 6.07 Å². The summed E-state index contributed by atoms with van der Waals surface area (Å²) in [6.07, 6.45) is 2.44. The smallest absolute Gasteiger partial charge is 0.133 e. The van der Waals surface area contributed by atoms with Gasteiger partial charge in [-0.05, 0) is 31.7 Å². The van der Waals surface area contributed by atoms with E-state index >= 15 is 0 Å². The summed E-state index contributed by atoms with van der Waals surface area (Å²) in [4.78, 5) is 2.32. The maximum absolute atomic E-state index is 9.28. The van der Waals surface area contributed by atoms with Crippen molar-refractivity contribution in [2.45, 2.75) is 33.2 Å². The molecular formula is C15H24N4O. The molecule has 1 aromatic rings. The van der Waals surface area contributed by atoms with Crippen LogP contribution in [0.2, 0.25) is 0 Å². The standard InChI is InChI=1S/C15H24N4O/c1-3-20-8-7-19-13(10-16)9-14(17)15(19)18-6-4-5-12(2)11-18/h9,12H,3-8,11,17H2,1-2H3/t12-/m1/s1. The van der Waals surface area contributed by atoms with Crippen LogP contribution >= 0.6 is 0 Å². The Morgan fingerprint density at radius 2 is 2.35 bits per heavy atom. The van der Waals surface area contributed by atoms with Crippen molar-refractivity contribution in [2.75, 3.05) is 36.9 Å². The molecule has 5 heteroatoms. The minimum absolute atomic E-state index is 0.607. The van der Waals surface area contributed by atoms with Crippen LogP contribution in [-0.2, 0) is 11.3 Å². The molecular weight excluding hydrogens is 252 g/mol. The lowest BCUT2D eigenvalue weighted by molar-refractivity contribution is 0.139. The molecule has 110 valence electrons. The second-order valence-electron chi connectivity index (χ2n) is 5.46. The van der Waals surface area contributed by atoms with Crippen LogP contribution in [0.15, 0.2) is 6.07 Å². The summed E-state index contributed by atoms with van der Waals surface area (Å²) >= 11 is 0. The molecule has 0 aliphatic carbocycles. The molecule has 2 rings (SSSR count). The molecule has 2 heterocycles. The number of nitrogens with two attached hydrogens (primary N) is 1. The highest BCUT2D eigenvalue weighted by Gasteiger charge is 2.23. The van der Waals surface area contributed by atoms with E-state index in [-0.39, 0.29) is 0 Å². The van der Waals surface area contributed by atoms with Crippen molar-refractivity contribution in [3.05, 3.63) is 11.8 Å². The van der Waals surface area contributed by atoms with E-state index in [2.05, 4.69) is 17.9 Å². The molecule has 0 saturated carbocycles. The molecule has 1 aliphatic heterocycles. The second kappa shape index (κ2) is 6.67. The van der Waals surface area contributed by atoms with Crippen molar-refractivity contribution >= 4 is 11.5 Å². The number of aromatic nitrogens is 1. The largest absolute Gasteiger partial charge is 0.396 e. The average Bonchev–Trinajstić information content (AvgIpc) is 2.75. The summed E-state index contributed by atoms with van der Waals surface area (Å²) in [5, 5.41) is 9.28. The van der Waals surface area contributed by atoms with E-state index < -0.39 is 0 Å². The summed E-state index contributed by atoms with van der Waals surface area (Å²) in [5.74, 6) is 1.66. The third-order valence-corrected chi connectivity index (χ3v) is 3.83. The van der Waals surface area contributed by atoms with Gasteiger partial charge >= 0.3 is 0 Å². The van der Waals surface area contributed by atoms with E-state index in [1.165, 1.54) is 12.8 Å². The summed E-state index contributed by atoms with van der Waals surface area (Å²) in [6.45, 7) is 8.23. The molecule has 5 nitrogen and oxygen atoms in total. The molecule has 1 aliphatic rings. The van der Waals surface area contributed by atoms with Crippen molar-refractivity contribution < 1.29 is 4.74 Å². The van der Waals surface area contributed by atoms with Crippen molar-refractivity contribution in [1.29, 1.82) is 5.26 Å². The van der Waals surface area contributed by atoms with Crippen LogP contribution in [-0.4, -0.2) is 30.9 Å². The van der Waals surface area contributed by atoms with Gasteiger partial charge in [-0.1, -0.05) is 6.92 Å². The lowest BCUT2D eigenvalue weighted by Gasteiger charge is -2.33. The summed E-state index contributed by atoms with van der Waals surface area (Å²) < 4.78 is 7.42. The van der Waals surface area contributed by atoms with Gasteiger partial charge in [0.05, 0.1) is 12.3 Å². The lowest BCUT2D eigenvalue weighted by Crippen LogP contribution is -2.36. The van der Waals surface area contributed by atoms with Crippen LogP contribution in [0, 0.1) is 17.2 Å². The van der Waals surface area contributed by atoms with Gasteiger partial charge in [-0.25, -0.2) is 0 Å². The minimum atomic E-state index is 0.607. The Morgan fingerprint density at radius 3 is 3.00 bits per heavy atom. The highest BCUT2D eigenvalue weighted by molar-refractivity contribution is 5.68. The first-order valence-electron chi connectivity index (χ1n) is 7.39. The summed E-state index contributed by atoms with van der Waals surface area (Å²) in [6, 6.07) is 4.01. The minimum Gasteiger partial charge on any atom is -0.396 e. The number of hydrogen-bond donors (Lipinski definition) is 1. The fourth-order valence-electron chi connectivity index (χ4n) is 2.91. The topological polar surface area (TPSA) is 67.2 Å². The maximum atomic E-state index is 9.28. The van der Waals surface area contributed by atoms with Gasteiger partial charge in [-0.3, -0.25) is 0 Å². The maximum Gasteiger partial charge on any atom is 0.133 e. The molecule has 0 aromatic carbocycles. The van der Waals surface area contributed by atoms with E-state index in [1.807, 2.05) is 11.5 Å². The van der Waals surface area contributed by atoms with Crippen LogP contribution in [0.3, 0.4) is 0 Å². The fourth-order valence-corrected chi connectivity index (χ4v) is 2.91. The second-order valence-corrected chi connectivity index (χ2v) is 5.46. The molecule has 1 fully saturated rings. The first-order valence-corrected chi connectivity index (χ1v) is 7.39. The predicted molar refractivity (Wildman–Crippen MR) is 80.7 cm³/mol. The van der Waals surface area contributed by atoms with Crippen molar-refractivity contribution in [3.63, 3.8) is 0 Å². The molecule has 0 spiro atoms. The number of rotatable bonds is 5. The number of anilines is 2. The van der Waals surface area contributed by atoms with Crippen LogP contribution in [0.5, 0.6) is 0 Å². The van der Waals surface area contributed by atoms with Crippen LogP contribution in [0.4, 0.5) is 11.5 Å². The molecule has 0 unspecified atom stereocenters. The van der Waals surface area contributed by atoms with E-state index in [0.717, 1.165) is 18.9 Å². The molecule has 2 N–H and O–H groups in total. The average molecular weight is 276 g/mol. The number of ether oxygens (including phenoxy) is 1. The zero-order chi connectivity index (χ0) is 14.5. The first kappa shape index (κ1) is 14.7. The first-order chi connectivity index (χ1) is 9.67. The number of piperidine rings is 1. The van der Waals surface area contributed by atoms with Gasteiger partial charge < -0.3 is 19.9 Å². The third-order valence-electron chi connectivity index (χ3n) is 3.83. The fraction of sp³-hybridized carbons (Fsp3) is 0.667. The Bertz CT molecular complexity index is 489. The molecule has 1 atom stereocenters. The monoisotopic (exact) mass is 276 g/mol. The van der Waals surface area contributed by atoms with Crippen LogP contribution in [0.1, 0.15) is 32.4 Å². The Hall–Kier alpha value is -1.67. The summed E-state index contributed by atoms with van der Waals surface area (Å²) in [5.41, 5.74) is 7.47.